The molecule has 1 atom stereocenters. The van der Waals surface area contributed by atoms with Crippen molar-refractivity contribution >= 4 is 0 Å². The predicted molar refractivity (Wildman–Crippen MR) is 105 cm³/mol. The first-order chi connectivity index (χ1) is 9.75. The van der Waals surface area contributed by atoms with Crippen LogP contribution < -0.4 is 5.32 Å². The zero-order valence-electron chi connectivity index (χ0n) is 18.9. The average molecular weight is 329 g/mol. The van der Waals surface area contributed by atoms with E-state index in [-0.39, 0.29) is 27.4 Å². The Labute approximate surface area is 147 Å². The van der Waals surface area contributed by atoms with Crippen LogP contribution in [-0.2, 0) is 0 Å². The molecule has 0 radical (unpaired) electrons. The molecule has 0 aromatic carbocycles. The smallest absolute Gasteiger partial charge is 0.0998 e. The Balaban J connectivity index is 6.60. The van der Waals surface area contributed by atoms with Crippen molar-refractivity contribution in [2.24, 2.45) is 10.8 Å². The number of hydrogen-bond acceptors (Lipinski definition) is 2. The van der Waals surface area contributed by atoms with Gasteiger partial charge in [-0.2, -0.15) is 0 Å². The van der Waals surface area contributed by atoms with E-state index < -0.39 is 0 Å². The normalized spacial score (nSPS) is 18.3. The molecule has 3 heteroatoms. The van der Waals surface area contributed by atoms with Gasteiger partial charge in [-0.15, -0.1) is 0 Å². The van der Waals surface area contributed by atoms with Gasteiger partial charge in [0.05, 0.1) is 26.7 Å². The fourth-order valence-electron chi connectivity index (χ4n) is 4.25. The molecule has 3 nitrogen and oxygen atoms in total. The van der Waals surface area contributed by atoms with E-state index in [2.05, 4.69) is 115 Å². The lowest BCUT2D eigenvalue weighted by Crippen LogP contribution is -2.77. The molecule has 0 spiro atoms. The molecule has 140 valence electrons. The third-order valence-electron chi connectivity index (χ3n) is 8.72. The van der Waals surface area contributed by atoms with E-state index in [4.69, 9.17) is 0 Å². The number of nitrogens with one attached hydrogen (secondary N) is 1. The van der Waals surface area contributed by atoms with Gasteiger partial charge in [-0.1, -0.05) is 27.7 Å². The first-order valence-corrected chi connectivity index (χ1v) is 8.93. The van der Waals surface area contributed by atoms with Crippen molar-refractivity contribution < 1.29 is 4.48 Å². The van der Waals surface area contributed by atoms with Crippen LogP contribution in [0.15, 0.2) is 0 Å². The Morgan fingerprint density at radius 2 is 1.04 bits per heavy atom. The van der Waals surface area contributed by atoms with Gasteiger partial charge in [0.25, 0.3) is 0 Å². The highest BCUT2D eigenvalue weighted by atomic mass is 15.4. The van der Waals surface area contributed by atoms with Gasteiger partial charge in [-0.3, -0.25) is 0 Å². The summed E-state index contributed by atoms with van der Waals surface area (Å²) >= 11 is 0. The maximum Gasteiger partial charge on any atom is 0.0998 e. The van der Waals surface area contributed by atoms with Crippen molar-refractivity contribution in [3.63, 3.8) is 0 Å². The molecule has 0 saturated carbocycles. The summed E-state index contributed by atoms with van der Waals surface area (Å²) in [6, 6.07) is 0. The highest BCUT2D eigenvalue weighted by molar-refractivity contribution is 5.17. The summed E-state index contributed by atoms with van der Waals surface area (Å²) in [4.78, 5) is 2.45. The van der Waals surface area contributed by atoms with E-state index in [1.54, 1.807) is 0 Å². The fourth-order valence-corrected chi connectivity index (χ4v) is 4.25. The van der Waals surface area contributed by atoms with E-state index in [1.807, 2.05) is 0 Å². The zero-order valence-corrected chi connectivity index (χ0v) is 18.9. The summed E-state index contributed by atoms with van der Waals surface area (Å²) in [6.07, 6.45) is 0. The Morgan fingerprint density at radius 3 is 1.26 bits per heavy atom. The lowest BCUT2D eigenvalue weighted by Gasteiger charge is -2.67. The van der Waals surface area contributed by atoms with Gasteiger partial charge in [-0.05, 0) is 55.8 Å². The van der Waals surface area contributed by atoms with Crippen LogP contribution in [0.1, 0.15) is 62.3 Å². The van der Waals surface area contributed by atoms with Crippen LogP contribution in [0.4, 0.5) is 0 Å². The van der Waals surface area contributed by atoms with Crippen molar-refractivity contribution in [2.75, 3.05) is 42.3 Å². The van der Waals surface area contributed by atoms with Crippen LogP contribution in [0.3, 0.4) is 0 Å². The van der Waals surface area contributed by atoms with E-state index >= 15 is 0 Å². The van der Waals surface area contributed by atoms with E-state index in [0.29, 0.717) is 0 Å². The second-order valence-electron chi connectivity index (χ2n) is 10.7. The highest BCUT2D eigenvalue weighted by Gasteiger charge is 2.65. The first kappa shape index (κ1) is 22.9. The molecule has 1 unspecified atom stereocenters. The van der Waals surface area contributed by atoms with Crippen LogP contribution in [0.2, 0.25) is 0 Å². The largest absolute Gasteiger partial charge is 0.326 e. The summed E-state index contributed by atoms with van der Waals surface area (Å²) in [7, 11) is 13.5. The fraction of sp³-hybridized carbons (Fsp3) is 1.00. The molecule has 23 heavy (non-hydrogen) atoms. The van der Waals surface area contributed by atoms with Crippen molar-refractivity contribution in [3.05, 3.63) is 0 Å². The molecule has 0 bridgehead atoms. The lowest BCUT2D eigenvalue weighted by molar-refractivity contribution is -0.929. The SMILES string of the molecule is CNC(C)(C)C(C)(C)C(C)(N(C)C)C(C)(C)C(C)(C)[N+](C)(C)C. The molecule has 0 saturated heterocycles. The van der Waals surface area contributed by atoms with E-state index in [0.717, 1.165) is 4.48 Å². The number of quaternary nitrogens is 1. The maximum absolute atomic E-state index is 3.57. The number of nitrogens with zero attached hydrogens (tertiary/aromatic N) is 2. The summed E-state index contributed by atoms with van der Waals surface area (Å²) in [5, 5.41) is 3.57. The van der Waals surface area contributed by atoms with Crippen molar-refractivity contribution in [3.8, 4) is 0 Å². The van der Waals surface area contributed by atoms with Crippen molar-refractivity contribution in [2.45, 2.75) is 78.9 Å². The predicted octanol–water partition coefficient (Wildman–Crippen LogP) is 3.84. The molecule has 0 fully saturated rings. The summed E-state index contributed by atoms with van der Waals surface area (Å²) in [6.45, 7) is 21.6. The van der Waals surface area contributed by atoms with Crippen molar-refractivity contribution in [1.82, 2.24) is 10.2 Å². The third-order valence-corrected chi connectivity index (χ3v) is 8.72. The van der Waals surface area contributed by atoms with Gasteiger partial charge in [0.15, 0.2) is 0 Å². The second kappa shape index (κ2) is 6.00. The molecule has 1 N–H and O–H groups in total. The Hall–Kier alpha value is -0.120. The Kier molecular flexibility index (Phi) is 5.97. The second-order valence-corrected chi connectivity index (χ2v) is 10.7. The summed E-state index contributed by atoms with van der Waals surface area (Å²) in [5.41, 5.74) is 0.159. The molecule has 0 aliphatic carbocycles. The van der Waals surface area contributed by atoms with Gasteiger partial charge in [0.2, 0.25) is 0 Å². The minimum absolute atomic E-state index is 0.00422. The van der Waals surface area contributed by atoms with Crippen LogP contribution in [-0.4, -0.2) is 68.3 Å². The summed E-state index contributed by atoms with van der Waals surface area (Å²) in [5.74, 6) is 0. The molecule has 0 aliphatic rings. The van der Waals surface area contributed by atoms with Gasteiger partial charge in [0, 0.05) is 21.9 Å². The van der Waals surface area contributed by atoms with Crippen molar-refractivity contribution in [1.29, 1.82) is 0 Å². The lowest BCUT2D eigenvalue weighted by atomic mass is 9.48. The highest BCUT2D eigenvalue weighted by Crippen LogP contribution is 2.57. The first-order valence-electron chi connectivity index (χ1n) is 8.93. The van der Waals surface area contributed by atoms with Gasteiger partial charge < -0.3 is 14.7 Å². The topological polar surface area (TPSA) is 15.3 Å². The van der Waals surface area contributed by atoms with Gasteiger partial charge >= 0.3 is 0 Å². The van der Waals surface area contributed by atoms with E-state index in [1.165, 1.54) is 0 Å². The minimum Gasteiger partial charge on any atom is -0.326 e. The molecule has 0 aromatic rings. The molecule has 0 rings (SSSR count). The maximum atomic E-state index is 3.57. The monoisotopic (exact) mass is 328 g/mol. The zero-order chi connectivity index (χ0) is 19.3. The molecule has 0 amide bonds. The van der Waals surface area contributed by atoms with Crippen LogP contribution in [0.25, 0.3) is 0 Å². The molecular weight excluding hydrogens is 282 g/mol. The van der Waals surface area contributed by atoms with Gasteiger partial charge in [-0.25, -0.2) is 0 Å². The Morgan fingerprint density at radius 1 is 0.696 bits per heavy atom. The average Bonchev–Trinajstić information content (AvgIpc) is 2.34. The van der Waals surface area contributed by atoms with Gasteiger partial charge in [0.1, 0.15) is 0 Å². The van der Waals surface area contributed by atoms with E-state index in [9.17, 15) is 0 Å². The molecule has 0 aromatic heterocycles. The van der Waals surface area contributed by atoms with Crippen LogP contribution in [0.5, 0.6) is 0 Å². The number of hydrogen-bond donors (Lipinski definition) is 1. The molecule has 0 heterocycles. The molecule has 0 aliphatic heterocycles. The minimum atomic E-state index is -0.0263. The standard InChI is InChI=1S/C20H46N3/c1-16(2,18(5,6)21-10)20(9,22(11)12)17(3,4)19(7,8)23(13,14)15/h21H,1-15H3/q+1. The summed E-state index contributed by atoms with van der Waals surface area (Å²) < 4.78 is 0.930. The van der Waals surface area contributed by atoms with Crippen LogP contribution >= 0.6 is 0 Å². The third kappa shape index (κ3) is 2.98. The quantitative estimate of drug-likeness (QED) is 0.714. The number of rotatable bonds is 7. The Bertz CT molecular complexity index is 411. The van der Waals surface area contributed by atoms with Crippen LogP contribution in [0, 0.1) is 10.8 Å². The molecular formula is C20H46N3+.